The molecule has 1 aliphatic rings. The zero-order valence-corrected chi connectivity index (χ0v) is 13.9. The molecular weight excluding hydrogens is 282 g/mol. The standard InChI is InChI=1S/C17H23NO4/c1-10(9-18(3)4)8-12-6-7-13-14(15(12)19)11(2)16(22-13)17(20)21-5/h8,10H,6-7,9H2,1-5H3/t10-/m0/s1. The minimum Gasteiger partial charge on any atom is -0.463 e. The molecule has 1 atom stereocenters. The number of allylic oxidation sites excluding steroid dienone is 1. The van der Waals surface area contributed by atoms with E-state index in [1.807, 2.05) is 20.2 Å². The number of furan rings is 1. The number of hydrogen-bond donors (Lipinski definition) is 0. The summed E-state index contributed by atoms with van der Waals surface area (Å²) in [5, 5.41) is 0. The van der Waals surface area contributed by atoms with Crippen molar-refractivity contribution >= 4 is 11.8 Å². The molecular formula is C17H23NO4. The van der Waals surface area contributed by atoms with Crippen LogP contribution in [-0.2, 0) is 11.2 Å². The van der Waals surface area contributed by atoms with Crippen molar-refractivity contribution in [2.75, 3.05) is 27.7 Å². The monoisotopic (exact) mass is 305 g/mol. The van der Waals surface area contributed by atoms with Crippen LogP contribution in [0.2, 0.25) is 0 Å². The fourth-order valence-corrected chi connectivity index (χ4v) is 2.99. The molecule has 0 bridgehead atoms. The average Bonchev–Trinajstić information content (AvgIpc) is 2.78. The molecule has 5 nitrogen and oxygen atoms in total. The molecule has 0 fully saturated rings. The molecule has 1 aliphatic carbocycles. The molecule has 0 N–H and O–H groups in total. The van der Waals surface area contributed by atoms with Gasteiger partial charge in [-0.25, -0.2) is 4.79 Å². The van der Waals surface area contributed by atoms with E-state index in [0.29, 0.717) is 35.6 Å². The van der Waals surface area contributed by atoms with Crippen LogP contribution in [0.1, 0.15) is 45.6 Å². The number of esters is 1. The lowest BCUT2D eigenvalue weighted by molar-refractivity contribution is 0.0561. The maximum absolute atomic E-state index is 12.7. The Kier molecular flexibility index (Phi) is 4.86. The number of hydrogen-bond acceptors (Lipinski definition) is 5. The van der Waals surface area contributed by atoms with Crippen molar-refractivity contribution in [2.45, 2.75) is 26.7 Å². The fraction of sp³-hybridized carbons (Fsp3) is 0.529. The summed E-state index contributed by atoms with van der Waals surface area (Å²) in [5.74, 6) is 0.473. The van der Waals surface area contributed by atoms with Crippen LogP contribution in [-0.4, -0.2) is 44.4 Å². The summed E-state index contributed by atoms with van der Waals surface area (Å²) in [4.78, 5) is 26.5. The highest BCUT2D eigenvalue weighted by Gasteiger charge is 2.31. The number of carbonyl (C=O) groups is 2. The van der Waals surface area contributed by atoms with Gasteiger partial charge < -0.3 is 14.1 Å². The summed E-state index contributed by atoms with van der Waals surface area (Å²) in [6.07, 6.45) is 3.33. The van der Waals surface area contributed by atoms with Gasteiger partial charge in [0.05, 0.1) is 12.7 Å². The second kappa shape index (κ2) is 6.48. The first kappa shape index (κ1) is 16.5. The first-order valence-electron chi connectivity index (χ1n) is 7.45. The van der Waals surface area contributed by atoms with Crippen LogP contribution in [0.15, 0.2) is 16.1 Å². The molecule has 0 aliphatic heterocycles. The van der Waals surface area contributed by atoms with Gasteiger partial charge in [0.1, 0.15) is 5.76 Å². The van der Waals surface area contributed by atoms with Gasteiger partial charge >= 0.3 is 5.97 Å². The van der Waals surface area contributed by atoms with Gasteiger partial charge in [-0.05, 0) is 38.9 Å². The highest BCUT2D eigenvalue weighted by atomic mass is 16.5. The molecule has 0 unspecified atom stereocenters. The van der Waals surface area contributed by atoms with Gasteiger partial charge in [0.25, 0.3) is 0 Å². The molecule has 2 rings (SSSR count). The van der Waals surface area contributed by atoms with Crippen LogP contribution in [0, 0.1) is 12.8 Å². The predicted molar refractivity (Wildman–Crippen MR) is 83.2 cm³/mol. The van der Waals surface area contributed by atoms with Gasteiger partial charge in [0.2, 0.25) is 5.76 Å². The van der Waals surface area contributed by atoms with Gasteiger partial charge in [0, 0.05) is 18.5 Å². The number of aryl methyl sites for hydroxylation is 1. The molecule has 0 aromatic carbocycles. The van der Waals surface area contributed by atoms with E-state index in [9.17, 15) is 9.59 Å². The van der Waals surface area contributed by atoms with Gasteiger partial charge in [-0.15, -0.1) is 0 Å². The third-order valence-electron chi connectivity index (χ3n) is 3.87. The number of nitrogens with zero attached hydrogens (tertiary/aromatic N) is 1. The number of fused-ring (bicyclic) bond motifs is 1. The average molecular weight is 305 g/mol. The van der Waals surface area contributed by atoms with Crippen molar-refractivity contribution < 1.29 is 18.7 Å². The summed E-state index contributed by atoms with van der Waals surface area (Å²) < 4.78 is 10.2. The third-order valence-corrected chi connectivity index (χ3v) is 3.87. The van der Waals surface area contributed by atoms with Crippen molar-refractivity contribution in [1.29, 1.82) is 0 Å². The lowest BCUT2D eigenvalue weighted by Gasteiger charge is -2.18. The van der Waals surface area contributed by atoms with Crippen LogP contribution >= 0.6 is 0 Å². The van der Waals surface area contributed by atoms with Crippen LogP contribution in [0.4, 0.5) is 0 Å². The Morgan fingerprint density at radius 2 is 2.09 bits per heavy atom. The van der Waals surface area contributed by atoms with Gasteiger partial charge in [-0.3, -0.25) is 4.79 Å². The molecule has 120 valence electrons. The van der Waals surface area contributed by atoms with Gasteiger partial charge in [-0.2, -0.15) is 0 Å². The highest BCUT2D eigenvalue weighted by Crippen LogP contribution is 2.32. The second-order valence-electron chi connectivity index (χ2n) is 6.11. The number of ether oxygens (including phenoxy) is 1. The summed E-state index contributed by atoms with van der Waals surface area (Å²) in [6.45, 7) is 4.72. The lowest BCUT2D eigenvalue weighted by atomic mass is 9.87. The van der Waals surface area contributed by atoms with Crippen molar-refractivity contribution in [3.8, 4) is 0 Å². The molecule has 0 amide bonds. The highest BCUT2D eigenvalue weighted by molar-refractivity contribution is 6.12. The van der Waals surface area contributed by atoms with E-state index in [1.165, 1.54) is 7.11 Å². The lowest BCUT2D eigenvalue weighted by Crippen LogP contribution is -2.20. The van der Waals surface area contributed by atoms with Crippen molar-refractivity contribution in [1.82, 2.24) is 4.90 Å². The molecule has 22 heavy (non-hydrogen) atoms. The quantitative estimate of drug-likeness (QED) is 0.632. The van der Waals surface area contributed by atoms with E-state index >= 15 is 0 Å². The molecule has 5 heteroatoms. The van der Waals surface area contributed by atoms with E-state index in [0.717, 1.165) is 12.1 Å². The molecule has 0 saturated carbocycles. The number of carbonyl (C=O) groups excluding carboxylic acids is 2. The summed E-state index contributed by atoms with van der Waals surface area (Å²) in [6, 6.07) is 0. The van der Waals surface area contributed by atoms with Crippen LogP contribution in [0.5, 0.6) is 0 Å². The van der Waals surface area contributed by atoms with Crippen molar-refractivity contribution in [3.63, 3.8) is 0 Å². The van der Waals surface area contributed by atoms with E-state index < -0.39 is 5.97 Å². The van der Waals surface area contributed by atoms with Crippen LogP contribution in [0.25, 0.3) is 0 Å². The van der Waals surface area contributed by atoms with Crippen molar-refractivity contribution in [3.05, 3.63) is 34.3 Å². The minimum atomic E-state index is -0.536. The Labute approximate surface area is 130 Å². The normalized spacial score (nSPS) is 17.7. The molecule has 0 radical (unpaired) electrons. The summed E-state index contributed by atoms with van der Waals surface area (Å²) >= 11 is 0. The summed E-state index contributed by atoms with van der Waals surface area (Å²) in [7, 11) is 5.33. The SMILES string of the molecule is COC(=O)c1oc2c(c1C)C(=O)C(=C[C@H](C)CN(C)C)CC2. The topological polar surface area (TPSA) is 59.8 Å². The maximum atomic E-state index is 12.7. The number of Topliss-reactive ketones (excluding diaryl/α,β-unsaturated/α-hetero) is 1. The first-order chi connectivity index (χ1) is 10.3. The minimum absolute atomic E-state index is 0.0248. The molecule has 0 saturated heterocycles. The van der Waals surface area contributed by atoms with Crippen molar-refractivity contribution in [2.24, 2.45) is 5.92 Å². The Hall–Kier alpha value is -1.88. The van der Waals surface area contributed by atoms with Gasteiger partial charge in [0.15, 0.2) is 5.78 Å². The Balaban J connectivity index is 2.32. The Morgan fingerprint density at radius 1 is 1.41 bits per heavy atom. The van der Waals surface area contributed by atoms with E-state index in [1.54, 1.807) is 6.92 Å². The van der Waals surface area contributed by atoms with Crippen LogP contribution in [0.3, 0.4) is 0 Å². The molecule has 1 aromatic heterocycles. The van der Waals surface area contributed by atoms with Crippen LogP contribution < -0.4 is 0 Å². The smallest absolute Gasteiger partial charge is 0.374 e. The Bertz CT molecular complexity index is 625. The molecule has 1 heterocycles. The largest absolute Gasteiger partial charge is 0.463 e. The number of methoxy groups -OCH3 is 1. The van der Waals surface area contributed by atoms with E-state index in [-0.39, 0.29) is 11.5 Å². The molecule has 1 aromatic rings. The second-order valence-corrected chi connectivity index (χ2v) is 6.11. The molecule has 0 spiro atoms. The number of rotatable bonds is 4. The predicted octanol–water partition coefficient (Wildman–Crippen LogP) is 2.63. The van der Waals surface area contributed by atoms with E-state index in [2.05, 4.69) is 11.8 Å². The van der Waals surface area contributed by atoms with E-state index in [4.69, 9.17) is 9.15 Å². The maximum Gasteiger partial charge on any atom is 0.374 e. The van der Waals surface area contributed by atoms with Gasteiger partial charge in [-0.1, -0.05) is 13.0 Å². The number of ketones is 1. The first-order valence-corrected chi connectivity index (χ1v) is 7.45. The Morgan fingerprint density at radius 3 is 2.68 bits per heavy atom. The zero-order valence-electron chi connectivity index (χ0n) is 13.9. The fourth-order valence-electron chi connectivity index (χ4n) is 2.99. The summed E-state index contributed by atoms with van der Waals surface area (Å²) in [5.41, 5.74) is 1.93. The zero-order chi connectivity index (χ0) is 16.4. The third kappa shape index (κ3) is 3.14.